The van der Waals surface area contributed by atoms with E-state index < -0.39 is 0 Å². The molecular weight excluding hydrogens is 350 g/mol. The second kappa shape index (κ2) is 7.80. The topological polar surface area (TPSA) is 63.2 Å². The lowest BCUT2D eigenvalue weighted by Gasteiger charge is -2.11. The fourth-order valence-electron chi connectivity index (χ4n) is 2.97. The van der Waals surface area contributed by atoms with Gasteiger partial charge in [-0.2, -0.15) is 0 Å². The van der Waals surface area contributed by atoms with Crippen LogP contribution < -0.4 is 15.4 Å². The molecule has 1 heterocycles. The van der Waals surface area contributed by atoms with Crippen molar-refractivity contribution >= 4 is 33.9 Å². The molecule has 5 nitrogen and oxygen atoms in total. The van der Waals surface area contributed by atoms with Gasteiger partial charge < -0.3 is 15.4 Å². The molecular formula is C23H19N3O2. The molecule has 1 amide bonds. The van der Waals surface area contributed by atoms with Crippen molar-refractivity contribution < 1.29 is 9.53 Å². The van der Waals surface area contributed by atoms with Crippen molar-refractivity contribution in [1.29, 1.82) is 0 Å². The minimum absolute atomic E-state index is 0.183. The van der Waals surface area contributed by atoms with Crippen LogP contribution in [0.15, 0.2) is 85.1 Å². The van der Waals surface area contributed by atoms with Crippen molar-refractivity contribution in [2.45, 2.75) is 0 Å². The van der Waals surface area contributed by atoms with Gasteiger partial charge in [0.1, 0.15) is 5.75 Å². The molecule has 0 unspecified atom stereocenters. The number of carbonyl (C=O) groups is 1. The van der Waals surface area contributed by atoms with Gasteiger partial charge in [0, 0.05) is 28.5 Å². The third-order valence-corrected chi connectivity index (χ3v) is 4.39. The molecule has 0 aliphatic heterocycles. The maximum atomic E-state index is 12.4. The number of para-hydroxylation sites is 1. The third-order valence-electron chi connectivity index (χ3n) is 4.39. The van der Waals surface area contributed by atoms with E-state index in [9.17, 15) is 4.79 Å². The molecule has 4 aromatic rings. The van der Waals surface area contributed by atoms with E-state index in [1.54, 1.807) is 37.6 Å². The Balaban J connectivity index is 1.48. The number of pyridine rings is 1. The van der Waals surface area contributed by atoms with Crippen molar-refractivity contribution in [3.05, 3.63) is 90.6 Å². The summed E-state index contributed by atoms with van der Waals surface area (Å²) < 4.78 is 5.16. The molecule has 0 radical (unpaired) electrons. The summed E-state index contributed by atoms with van der Waals surface area (Å²) in [4.78, 5) is 16.9. The second-order valence-electron chi connectivity index (χ2n) is 6.27. The summed E-state index contributed by atoms with van der Waals surface area (Å²) in [6.45, 7) is 0. The molecule has 1 aromatic heterocycles. The van der Waals surface area contributed by atoms with Gasteiger partial charge in [-0.25, -0.2) is 0 Å². The number of nitrogens with zero attached hydrogens (tertiary/aromatic N) is 1. The van der Waals surface area contributed by atoms with Crippen LogP contribution in [0.2, 0.25) is 0 Å². The summed E-state index contributed by atoms with van der Waals surface area (Å²) in [7, 11) is 1.58. The largest absolute Gasteiger partial charge is 0.497 e. The number of anilines is 3. The first-order valence-electron chi connectivity index (χ1n) is 8.89. The number of amides is 1. The number of rotatable bonds is 5. The predicted molar refractivity (Wildman–Crippen MR) is 112 cm³/mol. The number of hydrogen-bond acceptors (Lipinski definition) is 4. The van der Waals surface area contributed by atoms with E-state index in [4.69, 9.17) is 4.74 Å². The zero-order valence-electron chi connectivity index (χ0n) is 15.3. The summed E-state index contributed by atoms with van der Waals surface area (Å²) in [5.41, 5.74) is 4.03. The van der Waals surface area contributed by atoms with Crippen LogP contribution >= 0.6 is 0 Å². The highest BCUT2D eigenvalue weighted by atomic mass is 16.5. The van der Waals surface area contributed by atoms with E-state index in [0.29, 0.717) is 11.3 Å². The normalized spacial score (nSPS) is 10.5. The van der Waals surface area contributed by atoms with Gasteiger partial charge in [-0.1, -0.05) is 24.3 Å². The molecule has 0 fully saturated rings. The van der Waals surface area contributed by atoms with Crippen LogP contribution in [-0.4, -0.2) is 18.0 Å². The maximum absolute atomic E-state index is 12.4. The van der Waals surface area contributed by atoms with Crippen molar-refractivity contribution in [3.63, 3.8) is 0 Å². The summed E-state index contributed by atoms with van der Waals surface area (Å²) >= 11 is 0. The number of methoxy groups -OCH3 is 1. The molecule has 0 aliphatic carbocycles. The summed E-state index contributed by atoms with van der Waals surface area (Å²) in [5.74, 6) is 0.466. The van der Waals surface area contributed by atoms with E-state index in [1.165, 1.54) is 0 Å². The molecule has 28 heavy (non-hydrogen) atoms. The zero-order chi connectivity index (χ0) is 19.3. The first-order valence-corrected chi connectivity index (χ1v) is 8.89. The lowest BCUT2D eigenvalue weighted by atomic mass is 10.1. The summed E-state index contributed by atoms with van der Waals surface area (Å²) in [5, 5.41) is 7.36. The van der Waals surface area contributed by atoms with Crippen LogP contribution in [0.4, 0.5) is 17.1 Å². The van der Waals surface area contributed by atoms with Crippen LogP contribution in [0.5, 0.6) is 5.75 Å². The van der Waals surface area contributed by atoms with Gasteiger partial charge in [0.15, 0.2) is 0 Å². The van der Waals surface area contributed by atoms with Crippen LogP contribution in [0.1, 0.15) is 10.4 Å². The average Bonchev–Trinajstić information content (AvgIpc) is 2.75. The molecule has 5 heteroatoms. The van der Waals surface area contributed by atoms with Crippen molar-refractivity contribution in [3.8, 4) is 5.75 Å². The number of ether oxygens (including phenoxy) is 1. The van der Waals surface area contributed by atoms with Gasteiger partial charge in [-0.05, 0) is 54.6 Å². The molecule has 0 bridgehead atoms. The molecule has 2 N–H and O–H groups in total. The zero-order valence-corrected chi connectivity index (χ0v) is 15.3. The molecule has 0 saturated heterocycles. The Morgan fingerprint density at radius 2 is 1.64 bits per heavy atom. The summed E-state index contributed by atoms with van der Waals surface area (Å²) in [6.07, 6.45) is 1.78. The molecule has 0 spiro atoms. The van der Waals surface area contributed by atoms with Gasteiger partial charge >= 0.3 is 0 Å². The SMILES string of the molecule is COc1cccc(C(=O)Nc2ccc(Nc3cccc4cccnc34)cc2)c1. The standard InChI is InChI=1S/C23H19N3O2/c1-28-20-8-2-6-17(15-20)23(27)26-19-12-10-18(11-13-19)25-21-9-3-5-16-7-4-14-24-22(16)21/h2-15,25H,1H3,(H,26,27). The molecule has 4 rings (SSSR count). The van der Waals surface area contributed by atoms with Gasteiger partial charge in [0.05, 0.1) is 18.3 Å². The smallest absolute Gasteiger partial charge is 0.255 e. The van der Waals surface area contributed by atoms with Crippen molar-refractivity contribution in [2.75, 3.05) is 17.7 Å². The third kappa shape index (κ3) is 3.78. The minimum atomic E-state index is -0.183. The Kier molecular flexibility index (Phi) is 4.89. The number of aromatic nitrogens is 1. The van der Waals surface area contributed by atoms with Gasteiger partial charge in [-0.15, -0.1) is 0 Å². The quantitative estimate of drug-likeness (QED) is 0.505. The fourth-order valence-corrected chi connectivity index (χ4v) is 2.97. The van der Waals surface area contributed by atoms with E-state index >= 15 is 0 Å². The number of benzene rings is 3. The highest BCUT2D eigenvalue weighted by Crippen LogP contribution is 2.25. The highest BCUT2D eigenvalue weighted by molar-refractivity contribution is 6.04. The Hall–Kier alpha value is -3.86. The van der Waals surface area contributed by atoms with Crippen LogP contribution in [0.25, 0.3) is 10.9 Å². The fraction of sp³-hybridized carbons (Fsp3) is 0.0435. The van der Waals surface area contributed by atoms with Crippen LogP contribution in [-0.2, 0) is 0 Å². The molecule has 0 saturated carbocycles. The van der Waals surface area contributed by atoms with E-state index in [0.717, 1.165) is 28.0 Å². The number of carbonyl (C=O) groups excluding carboxylic acids is 1. The van der Waals surface area contributed by atoms with Gasteiger partial charge in [0.25, 0.3) is 5.91 Å². The predicted octanol–water partition coefficient (Wildman–Crippen LogP) is 5.24. The van der Waals surface area contributed by atoms with Gasteiger partial charge in [0.2, 0.25) is 0 Å². The van der Waals surface area contributed by atoms with E-state index in [2.05, 4.69) is 15.6 Å². The highest BCUT2D eigenvalue weighted by Gasteiger charge is 2.08. The lowest BCUT2D eigenvalue weighted by molar-refractivity contribution is 0.102. The molecule has 3 aromatic carbocycles. The van der Waals surface area contributed by atoms with Crippen molar-refractivity contribution in [2.24, 2.45) is 0 Å². The first-order chi connectivity index (χ1) is 13.7. The number of fused-ring (bicyclic) bond motifs is 1. The number of hydrogen-bond donors (Lipinski definition) is 2. The summed E-state index contributed by atoms with van der Waals surface area (Å²) in [6, 6.07) is 24.6. The molecule has 0 atom stereocenters. The Morgan fingerprint density at radius 3 is 2.46 bits per heavy atom. The lowest BCUT2D eigenvalue weighted by Crippen LogP contribution is -2.11. The minimum Gasteiger partial charge on any atom is -0.497 e. The Bertz CT molecular complexity index is 1120. The second-order valence-corrected chi connectivity index (χ2v) is 6.27. The number of nitrogens with one attached hydrogen (secondary N) is 2. The molecule has 0 aliphatic rings. The van der Waals surface area contributed by atoms with Crippen LogP contribution in [0, 0.1) is 0 Å². The molecule has 138 valence electrons. The maximum Gasteiger partial charge on any atom is 0.255 e. The van der Waals surface area contributed by atoms with Crippen molar-refractivity contribution in [1.82, 2.24) is 4.98 Å². The Morgan fingerprint density at radius 1 is 0.893 bits per heavy atom. The monoisotopic (exact) mass is 369 g/mol. The Labute approximate surface area is 163 Å². The van der Waals surface area contributed by atoms with Crippen LogP contribution in [0.3, 0.4) is 0 Å². The van der Waals surface area contributed by atoms with Gasteiger partial charge in [-0.3, -0.25) is 9.78 Å². The first kappa shape index (κ1) is 17.5. The average molecular weight is 369 g/mol. The van der Waals surface area contributed by atoms with E-state index in [1.807, 2.05) is 54.6 Å². The van der Waals surface area contributed by atoms with E-state index in [-0.39, 0.29) is 5.91 Å².